The fourth-order valence-electron chi connectivity index (χ4n) is 1.86. The molecule has 1 heterocycles. The van der Waals surface area contributed by atoms with E-state index in [4.69, 9.17) is 11.6 Å². The molecule has 0 spiro atoms. The predicted molar refractivity (Wildman–Crippen MR) is 71.8 cm³/mol. The van der Waals surface area contributed by atoms with Gasteiger partial charge in [-0.2, -0.15) is 0 Å². The minimum absolute atomic E-state index is 0.150. The summed E-state index contributed by atoms with van der Waals surface area (Å²) in [7, 11) is 0. The zero-order valence-electron chi connectivity index (χ0n) is 10.5. The van der Waals surface area contributed by atoms with Crippen LogP contribution in [0.2, 0.25) is 5.02 Å². The number of hydrogen-bond donors (Lipinski definition) is 2. The van der Waals surface area contributed by atoms with Crippen molar-refractivity contribution in [2.45, 2.75) is 19.4 Å². The van der Waals surface area contributed by atoms with Crippen molar-refractivity contribution in [3.05, 3.63) is 29.3 Å². The number of anilines is 1. The monoisotopic (exact) mass is 268 g/mol. The van der Waals surface area contributed by atoms with E-state index in [1.165, 1.54) is 0 Å². The summed E-state index contributed by atoms with van der Waals surface area (Å²) in [4.78, 5) is 13.5. The Kier molecular flexibility index (Phi) is 3.50. The van der Waals surface area contributed by atoms with Gasteiger partial charge in [-0.15, -0.1) is 0 Å². The Bertz CT molecular complexity index is 439. The molecule has 1 aliphatic heterocycles. The Hall–Kier alpha value is -1.26. The first-order chi connectivity index (χ1) is 8.40. The molecule has 1 fully saturated rings. The van der Waals surface area contributed by atoms with Crippen LogP contribution >= 0.6 is 11.6 Å². The molecule has 0 saturated carbocycles. The van der Waals surface area contributed by atoms with E-state index in [0.29, 0.717) is 23.8 Å². The van der Waals surface area contributed by atoms with Crippen LogP contribution in [0.1, 0.15) is 13.8 Å². The van der Waals surface area contributed by atoms with Crippen molar-refractivity contribution in [2.24, 2.45) is 5.92 Å². The van der Waals surface area contributed by atoms with E-state index in [-0.39, 0.29) is 11.9 Å². The van der Waals surface area contributed by atoms with Gasteiger partial charge < -0.3 is 15.3 Å². The third kappa shape index (κ3) is 2.60. The smallest absolute Gasteiger partial charge is 0.322 e. The Morgan fingerprint density at radius 2 is 1.94 bits per heavy atom. The molecule has 0 unspecified atom stereocenters. The summed E-state index contributed by atoms with van der Waals surface area (Å²) in [5.41, 5.74) is -0.0402. The SMILES string of the molecule is CC(C)C1(O)CN(C(=O)Nc2ccc(Cl)cc2)C1. The molecule has 1 aromatic rings. The minimum Gasteiger partial charge on any atom is -0.386 e. The molecular weight excluding hydrogens is 252 g/mol. The van der Waals surface area contributed by atoms with Crippen molar-refractivity contribution in [3.63, 3.8) is 0 Å². The van der Waals surface area contributed by atoms with Gasteiger partial charge in [-0.3, -0.25) is 0 Å². The number of rotatable bonds is 2. The predicted octanol–water partition coefficient (Wildman–Crippen LogP) is 2.57. The topological polar surface area (TPSA) is 52.6 Å². The minimum atomic E-state index is -0.739. The van der Waals surface area contributed by atoms with Crippen LogP contribution in [0.15, 0.2) is 24.3 Å². The molecule has 0 radical (unpaired) electrons. The number of amides is 2. The molecule has 1 aromatic carbocycles. The summed E-state index contributed by atoms with van der Waals surface area (Å²) in [6.45, 7) is 4.66. The highest BCUT2D eigenvalue weighted by atomic mass is 35.5. The third-order valence-corrected chi connectivity index (χ3v) is 3.64. The first-order valence-corrected chi connectivity index (χ1v) is 6.32. The molecule has 18 heavy (non-hydrogen) atoms. The number of aliphatic hydroxyl groups is 1. The number of hydrogen-bond acceptors (Lipinski definition) is 2. The van der Waals surface area contributed by atoms with Crippen LogP contribution in [0, 0.1) is 5.92 Å². The Morgan fingerprint density at radius 3 is 2.44 bits per heavy atom. The molecular formula is C13H17ClN2O2. The summed E-state index contributed by atoms with van der Waals surface area (Å²) in [6, 6.07) is 6.74. The van der Waals surface area contributed by atoms with Crippen LogP contribution in [0.5, 0.6) is 0 Å². The molecule has 2 rings (SSSR count). The Labute approximate surface area is 112 Å². The summed E-state index contributed by atoms with van der Waals surface area (Å²) >= 11 is 5.77. The summed E-state index contributed by atoms with van der Waals surface area (Å²) in [6.07, 6.45) is 0. The van der Waals surface area contributed by atoms with Crippen LogP contribution < -0.4 is 5.32 Å². The highest BCUT2D eigenvalue weighted by molar-refractivity contribution is 6.30. The van der Waals surface area contributed by atoms with E-state index >= 15 is 0 Å². The molecule has 5 heteroatoms. The highest BCUT2D eigenvalue weighted by Gasteiger charge is 2.45. The standard InChI is InChI=1S/C13H17ClN2O2/c1-9(2)13(18)7-16(8-13)12(17)15-11-5-3-10(14)4-6-11/h3-6,9,18H,7-8H2,1-2H3,(H,15,17). The van der Waals surface area contributed by atoms with Crippen molar-refractivity contribution >= 4 is 23.3 Å². The summed E-state index contributed by atoms with van der Waals surface area (Å²) < 4.78 is 0. The zero-order chi connectivity index (χ0) is 13.3. The molecule has 4 nitrogen and oxygen atoms in total. The second-order valence-corrected chi connectivity index (χ2v) is 5.49. The summed E-state index contributed by atoms with van der Waals surface area (Å²) in [5, 5.41) is 13.5. The molecule has 0 bridgehead atoms. The maximum absolute atomic E-state index is 11.9. The van der Waals surface area contributed by atoms with Crippen molar-refractivity contribution in [3.8, 4) is 0 Å². The zero-order valence-corrected chi connectivity index (χ0v) is 11.2. The van der Waals surface area contributed by atoms with Crippen molar-refractivity contribution in [2.75, 3.05) is 18.4 Å². The number of nitrogens with one attached hydrogen (secondary N) is 1. The van der Waals surface area contributed by atoms with Gasteiger partial charge in [0.2, 0.25) is 0 Å². The van der Waals surface area contributed by atoms with E-state index in [1.54, 1.807) is 29.2 Å². The lowest BCUT2D eigenvalue weighted by atomic mass is 9.83. The lowest BCUT2D eigenvalue weighted by Gasteiger charge is -2.48. The quantitative estimate of drug-likeness (QED) is 0.866. The molecule has 0 aromatic heterocycles. The maximum atomic E-state index is 11.9. The Balaban J connectivity index is 1.89. The number of carbonyl (C=O) groups is 1. The van der Waals surface area contributed by atoms with Crippen LogP contribution in [0.4, 0.5) is 10.5 Å². The molecule has 0 atom stereocenters. The van der Waals surface area contributed by atoms with E-state index in [9.17, 15) is 9.90 Å². The van der Waals surface area contributed by atoms with Crippen molar-refractivity contribution < 1.29 is 9.90 Å². The van der Waals surface area contributed by atoms with Gasteiger partial charge in [-0.25, -0.2) is 4.79 Å². The summed E-state index contributed by atoms with van der Waals surface area (Å²) in [5.74, 6) is 0.150. The molecule has 1 saturated heterocycles. The fraction of sp³-hybridized carbons (Fsp3) is 0.462. The highest BCUT2D eigenvalue weighted by Crippen LogP contribution is 2.29. The first-order valence-electron chi connectivity index (χ1n) is 5.94. The number of carbonyl (C=O) groups excluding carboxylic acids is 1. The van der Waals surface area contributed by atoms with E-state index < -0.39 is 5.60 Å². The number of likely N-dealkylation sites (tertiary alicyclic amines) is 1. The molecule has 0 aliphatic carbocycles. The lowest BCUT2D eigenvalue weighted by molar-refractivity contribution is -0.105. The van der Waals surface area contributed by atoms with E-state index in [2.05, 4.69) is 5.32 Å². The third-order valence-electron chi connectivity index (χ3n) is 3.39. The van der Waals surface area contributed by atoms with Gasteiger partial charge in [0.25, 0.3) is 0 Å². The molecule has 98 valence electrons. The van der Waals surface area contributed by atoms with E-state index in [0.717, 1.165) is 0 Å². The van der Waals surface area contributed by atoms with Crippen LogP contribution in [-0.2, 0) is 0 Å². The number of nitrogens with zero attached hydrogens (tertiary/aromatic N) is 1. The number of benzene rings is 1. The van der Waals surface area contributed by atoms with Crippen molar-refractivity contribution in [1.29, 1.82) is 0 Å². The van der Waals surface area contributed by atoms with Gasteiger partial charge in [-0.1, -0.05) is 25.4 Å². The largest absolute Gasteiger partial charge is 0.386 e. The van der Waals surface area contributed by atoms with Gasteiger partial charge in [-0.05, 0) is 30.2 Å². The van der Waals surface area contributed by atoms with Crippen LogP contribution in [0.25, 0.3) is 0 Å². The van der Waals surface area contributed by atoms with Gasteiger partial charge in [0.15, 0.2) is 0 Å². The van der Waals surface area contributed by atoms with Crippen LogP contribution in [-0.4, -0.2) is 34.7 Å². The maximum Gasteiger partial charge on any atom is 0.322 e. The fourth-order valence-corrected chi connectivity index (χ4v) is 1.99. The number of β-amino-alcohol motifs (C(OH)–C–C–N with tert-alkyl or cyclic N) is 1. The average Bonchev–Trinajstić information content (AvgIpc) is 2.27. The number of halogens is 1. The van der Waals surface area contributed by atoms with Gasteiger partial charge in [0, 0.05) is 10.7 Å². The normalized spacial score (nSPS) is 17.5. The van der Waals surface area contributed by atoms with Gasteiger partial charge in [0.05, 0.1) is 13.1 Å². The lowest BCUT2D eigenvalue weighted by Crippen LogP contribution is -2.66. The van der Waals surface area contributed by atoms with Gasteiger partial charge in [0.1, 0.15) is 5.60 Å². The van der Waals surface area contributed by atoms with Gasteiger partial charge >= 0.3 is 6.03 Å². The molecule has 2 N–H and O–H groups in total. The Morgan fingerprint density at radius 1 is 1.39 bits per heavy atom. The second-order valence-electron chi connectivity index (χ2n) is 5.05. The average molecular weight is 269 g/mol. The van der Waals surface area contributed by atoms with Crippen LogP contribution in [0.3, 0.4) is 0 Å². The second kappa shape index (κ2) is 4.78. The molecule has 1 aliphatic rings. The molecule has 2 amide bonds. The first kappa shape index (κ1) is 13.2. The van der Waals surface area contributed by atoms with Crippen molar-refractivity contribution in [1.82, 2.24) is 4.90 Å². The van der Waals surface area contributed by atoms with E-state index in [1.807, 2.05) is 13.8 Å². The number of urea groups is 1.